The molecule has 0 N–H and O–H groups in total. The third-order valence-electron chi connectivity index (χ3n) is 4.44. The smallest absolute Gasteiger partial charge is 0.166 e. The predicted octanol–water partition coefficient (Wildman–Crippen LogP) is 7.76. The van der Waals surface area contributed by atoms with Gasteiger partial charge in [-0.15, -0.1) is 0 Å². The van der Waals surface area contributed by atoms with Crippen molar-refractivity contribution in [2.24, 2.45) is 0 Å². The Morgan fingerprint density at radius 1 is 0.852 bits per heavy atom. The summed E-state index contributed by atoms with van der Waals surface area (Å²) in [7, 11) is 0. The number of benzene rings is 2. The van der Waals surface area contributed by atoms with Crippen molar-refractivity contribution in [1.29, 1.82) is 0 Å². The van der Waals surface area contributed by atoms with Crippen LogP contribution in [-0.4, -0.2) is 0 Å². The van der Waals surface area contributed by atoms with Crippen LogP contribution >= 0.6 is 0 Å². The Labute approximate surface area is 154 Å². The molecule has 6 heteroatoms. The molecule has 2 aromatic carbocycles. The Kier molecular flexibility index (Phi) is 6.07. The van der Waals surface area contributed by atoms with Crippen LogP contribution in [0, 0.1) is 6.92 Å². The first kappa shape index (κ1) is 21.1. The predicted molar refractivity (Wildman–Crippen MR) is 95.0 cm³/mol. The molecule has 146 valence electrons. The highest BCUT2D eigenvalue weighted by atomic mass is 19.4. The van der Waals surface area contributed by atoms with Crippen LogP contribution < -0.4 is 0 Å². The fraction of sp³-hybridized carbons (Fsp3) is 0.333. The summed E-state index contributed by atoms with van der Waals surface area (Å²) in [5.41, 5.74) is 0.264. The lowest BCUT2D eigenvalue weighted by Gasteiger charge is -2.18. The van der Waals surface area contributed by atoms with E-state index in [2.05, 4.69) is 0 Å². The molecule has 0 unspecified atom stereocenters. The molecule has 0 heterocycles. The molecule has 0 atom stereocenters. The molecule has 2 rings (SSSR count). The molecule has 0 radical (unpaired) electrons. The van der Waals surface area contributed by atoms with E-state index in [1.165, 1.54) is 0 Å². The van der Waals surface area contributed by atoms with Crippen molar-refractivity contribution in [3.05, 3.63) is 70.3 Å². The first-order chi connectivity index (χ1) is 12.4. The van der Waals surface area contributed by atoms with Crippen molar-refractivity contribution in [1.82, 2.24) is 0 Å². The van der Waals surface area contributed by atoms with E-state index < -0.39 is 23.5 Å². The third kappa shape index (κ3) is 4.93. The van der Waals surface area contributed by atoms with Crippen LogP contribution in [0.2, 0.25) is 0 Å². The molecule has 0 nitrogen and oxygen atoms in total. The van der Waals surface area contributed by atoms with Gasteiger partial charge in [-0.1, -0.05) is 37.6 Å². The van der Waals surface area contributed by atoms with Gasteiger partial charge in [-0.25, -0.2) is 0 Å². The third-order valence-corrected chi connectivity index (χ3v) is 4.44. The van der Waals surface area contributed by atoms with Gasteiger partial charge in [-0.05, 0) is 66.3 Å². The zero-order chi connectivity index (χ0) is 20.4. The van der Waals surface area contributed by atoms with Gasteiger partial charge < -0.3 is 0 Å². The Morgan fingerprint density at radius 3 is 1.81 bits per heavy atom. The molecule has 0 amide bonds. The molecule has 0 saturated heterocycles. The van der Waals surface area contributed by atoms with Crippen molar-refractivity contribution < 1.29 is 26.3 Å². The molecular formula is C21H20F6. The van der Waals surface area contributed by atoms with Gasteiger partial charge in [0.1, 0.15) is 0 Å². The topological polar surface area (TPSA) is 0 Å². The highest BCUT2D eigenvalue weighted by molar-refractivity contribution is 5.91. The second-order valence-electron chi connectivity index (χ2n) is 6.46. The molecule has 0 aliphatic rings. The van der Waals surface area contributed by atoms with Gasteiger partial charge in [0.15, 0.2) is 0 Å². The largest absolute Gasteiger partial charge is 0.416 e. The zero-order valence-corrected chi connectivity index (χ0v) is 15.2. The normalized spacial score (nSPS) is 13.5. The highest BCUT2D eigenvalue weighted by Gasteiger charge is 2.37. The SMILES string of the molecule is CCC/C(=C(/C)c1cc(C(F)(F)F)cc(C(F)(F)F)c1)c1ccccc1C. The fourth-order valence-electron chi connectivity index (χ4n) is 3.03. The summed E-state index contributed by atoms with van der Waals surface area (Å²) in [6, 6.07) is 9.08. The fourth-order valence-corrected chi connectivity index (χ4v) is 3.03. The van der Waals surface area contributed by atoms with E-state index in [-0.39, 0.29) is 11.6 Å². The van der Waals surface area contributed by atoms with Crippen molar-refractivity contribution in [2.75, 3.05) is 0 Å². The van der Waals surface area contributed by atoms with E-state index in [0.29, 0.717) is 18.4 Å². The molecule has 0 aliphatic heterocycles. The maximum absolute atomic E-state index is 13.2. The van der Waals surface area contributed by atoms with Crippen molar-refractivity contribution in [3.63, 3.8) is 0 Å². The van der Waals surface area contributed by atoms with E-state index in [0.717, 1.165) is 28.8 Å². The van der Waals surface area contributed by atoms with E-state index in [9.17, 15) is 26.3 Å². The lowest BCUT2D eigenvalue weighted by molar-refractivity contribution is -0.143. The van der Waals surface area contributed by atoms with E-state index in [4.69, 9.17) is 0 Å². The van der Waals surface area contributed by atoms with Gasteiger partial charge in [0, 0.05) is 0 Å². The highest BCUT2D eigenvalue weighted by Crippen LogP contribution is 2.39. The standard InChI is InChI=1S/C21H20F6/c1-4-7-19(18-9-6-5-8-13(18)2)14(3)15-10-16(20(22,23)24)12-17(11-15)21(25,26)27/h5-6,8-12H,4,7H2,1-3H3/b19-14+. The van der Waals surface area contributed by atoms with Crippen LogP contribution in [-0.2, 0) is 12.4 Å². The Balaban J connectivity index is 2.76. The number of hydrogen-bond donors (Lipinski definition) is 0. The molecule has 0 aromatic heterocycles. The average molecular weight is 386 g/mol. The van der Waals surface area contributed by atoms with Gasteiger partial charge in [0.2, 0.25) is 0 Å². The summed E-state index contributed by atoms with van der Waals surface area (Å²) < 4.78 is 78.9. The van der Waals surface area contributed by atoms with Gasteiger partial charge in [-0.2, -0.15) is 26.3 Å². The Hall–Kier alpha value is -2.24. The maximum Gasteiger partial charge on any atom is 0.416 e. The molecule has 0 saturated carbocycles. The summed E-state index contributed by atoms with van der Waals surface area (Å²) in [5.74, 6) is 0. The van der Waals surface area contributed by atoms with Crippen molar-refractivity contribution in [2.45, 2.75) is 46.0 Å². The molecule has 0 spiro atoms. The summed E-state index contributed by atoms with van der Waals surface area (Å²) in [6.45, 7) is 5.36. The summed E-state index contributed by atoms with van der Waals surface area (Å²) in [4.78, 5) is 0. The maximum atomic E-state index is 13.2. The molecular weight excluding hydrogens is 366 g/mol. The van der Waals surface area contributed by atoms with Crippen LogP contribution in [0.1, 0.15) is 54.5 Å². The minimum atomic E-state index is -4.86. The number of allylic oxidation sites excluding steroid dienone is 2. The minimum absolute atomic E-state index is 0.0659. The summed E-state index contributed by atoms with van der Waals surface area (Å²) >= 11 is 0. The number of rotatable bonds is 4. The second kappa shape index (κ2) is 7.79. The van der Waals surface area contributed by atoms with Crippen molar-refractivity contribution >= 4 is 11.1 Å². The average Bonchev–Trinajstić information content (AvgIpc) is 2.58. The second-order valence-corrected chi connectivity index (χ2v) is 6.46. The Bertz CT molecular complexity index is 808. The van der Waals surface area contributed by atoms with Gasteiger partial charge in [-0.3, -0.25) is 0 Å². The van der Waals surface area contributed by atoms with Gasteiger partial charge in [0.05, 0.1) is 11.1 Å². The van der Waals surface area contributed by atoms with Crippen LogP contribution in [0.5, 0.6) is 0 Å². The van der Waals surface area contributed by atoms with Crippen LogP contribution in [0.25, 0.3) is 11.1 Å². The first-order valence-corrected chi connectivity index (χ1v) is 8.50. The first-order valence-electron chi connectivity index (χ1n) is 8.50. The monoisotopic (exact) mass is 386 g/mol. The van der Waals surface area contributed by atoms with Crippen molar-refractivity contribution in [3.8, 4) is 0 Å². The minimum Gasteiger partial charge on any atom is -0.166 e. The molecule has 27 heavy (non-hydrogen) atoms. The van der Waals surface area contributed by atoms with E-state index in [1.807, 2.05) is 32.0 Å². The summed E-state index contributed by atoms with van der Waals surface area (Å²) in [6.07, 6.45) is -8.45. The lowest BCUT2D eigenvalue weighted by Crippen LogP contribution is -2.11. The number of hydrogen-bond acceptors (Lipinski definition) is 0. The zero-order valence-electron chi connectivity index (χ0n) is 15.2. The molecule has 0 aliphatic carbocycles. The number of halogens is 6. The molecule has 0 bridgehead atoms. The van der Waals surface area contributed by atoms with Crippen LogP contribution in [0.15, 0.2) is 42.5 Å². The number of aryl methyl sites for hydroxylation is 1. The lowest BCUT2D eigenvalue weighted by atomic mass is 9.89. The van der Waals surface area contributed by atoms with Gasteiger partial charge in [0.25, 0.3) is 0 Å². The quantitative estimate of drug-likeness (QED) is 0.372. The van der Waals surface area contributed by atoms with Gasteiger partial charge >= 0.3 is 12.4 Å². The number of alkyl halides is 6. The van der Waals surface area contributed by atoms with E-state index in [1.54, 1.807) is 13.0 Å². The van der Waals surface area contributed by atoms with Crippen LogP contribution in [0.4, 0.5) is 26.3 Å². The molecule has 0 fully saturated rings. The molecule has 2 aromatic rings. The van der Waals surface area contributed by atoms with E-state index >= 15 is 0 Å². The Morgan fingerprint density at radius 2 is 1.37 bits per heavy atom. The van der Waals surface area contributed by atoms with Crippen LogP contribution in [0.3, 0.4) is 0 Å². The summed E-state index contributed by atoms with van der Waals surface area (Å²) in [5, 5.41) is 0.